The molecule has 2 rings (SSSR count). The lowest BCUT2D eigenvalue weighted by molar-refractivity contribution is 0.0685. The number of hydrogen-bond donors (Lipinski definition) is 1. The van der Waals surface area contributed by atoms with Gasteiger partial charge in [-0.15, -0.1) is 0 Å². The van der Waals surface area contributed by atoms with Crippen molar-refractivity contribution >= 4 is 5.82 Å². The van der Waals surface area contributed by atoms with E-state index in [0.29, 0.717) is 6.04 Å². The van der Waals surface area contributed by atoms with E-state index in [2.05, 4.69) is 35.2 Å². The lowest BCUT2D eigenvalue weighted by atomic mass is 9.99. The molecule has 0 radical (unpaired) electrons. The Morgan fingerprint density at radius 3 is 2.89 bits per heavy atom. The van der Waals surface area contributed by atoms with Gasteiger partial charge in [-0.1, -0.05) is 6.07 Å². The maximum absolute atomic E-state index is 5.42. The van der Waals surface area contributed by atoms with Gasteiger partial charge in [0, 0.05) is 44.6 Å². The summed E-state index contributed by atoms with van der Waals surface area (Å²) in [4.78, 5) is 6.86. The smallest absolute Gasteiger partial charge is 0.133 e. The summed E-state index contributed by atoms with van der Waals surface area (Å²) in [6, 6.07) is 4.49. The van der Waals surface area contributed by atoms with Crippen molar-refractivity contribution in [2.45, 2.75) is 25.8 Å². The molecule has 0 saturated carbocycles. The maximum atomic E-state index is 5.42. The van der Waals surface area contributed by atoms with Gasteiger partial charge in [0.1, 0.15) is 5.82 Å². The van der Waals surface area contributed by atoms with E-state index in [1.165, 1.54) is 5.56 Å². The van der Waals surface area contributed by atoms with Crippen LogP contribution in [-0.2, 0) is 4.74 Å². The van der Waals surface area contributed by atoms with Gasteiger partial charge < -0.3 is 15.0 Å². The molecule has 1 aromatic heterocycles. The number of pyridine rings is 1. The van der Waals surface area contributed by atoms with Gasteiger partial charge in [0.25, 0.3) is 0 Å². The van der Waals surface area contributed by atoms with Crippen molar-refractivity contribution in [3.05, 3.63) is 23.9 Å². The molecule has 0 bridgehead atoms. The largest absolute Gasteiger partial charge is 0.381 e. The molecule has 1 N–H and O–H groups in total. The third-order valence-corrected chi connectivity index (χ3v) is 3.95. The summed E-state index contributed by atoms with van der Waals surface area (Å²) < 4.78 is 5.42. The molecule has 0 spiro atoms. The summed E-state index contributed by atoms with van der Waals surface area (Å²) in [6.07, 6.45) is 4.20. The van der Waals surface area contributed by atoms with Crippen LogP contribution in [-0.4, -0.2) is 38.8 Å². The summed E-state index contributed by atoms with van der Waals surface area (Å²) in [5, 5.41) is 3.29. The van der Waals surface area contributed by atoms with Crippen molar-refractivity contribution in [1.82, 2.24) is 10.3 Å². The van der Waals surface area contributed by atoms with Gasteiger partial charge in [-0.25, -0.2) is 4.98 Å². The Hall–Kier alpha value is -1.13. The molecule has 1 aliphatic heterocycles. The van der Waals surface area contributed by atoms with Crippen molar-refractivity contribution in [2.24, 2.45) is 5.92 Å². The Bertz CT molecular complexity index is 391. The van der Waals surface area contributed by atoms with Gasteiger partial charge in [-0.05, 0) is 38.8 Å². The van der Waals surface area contributed by atoms with Crippen LogP contribution < -0.4 is 10.2 Å². The van der Waals surface area contributed by atoms with Crippen LogP contribution in [0.25, 0.3) is 0 Å². The van der Waals surface area contributed by atoms with Crippen LogP contribution in [0.1, 0.15) is 31.4 Å². The zero-order chi connectivity index (χ0) is 13.7. The fraction of sp³-hybridized carbons (Fsp3) is 0.667. The Balaban J connectivity index is 2.07. The molecule has 1 saturated heterocycles. The van der Waals surface area contributed by atoms with Gasteiger partial charge >= 0.3 is 0 Å². The normalized spacial score (nSPS) is 18.3. The third kappa shape index (κ3) is 3.67. The second-order valence-electron chi connectivity index (χ2n) is 5.36. The van der Waals surface area contributed by atoms with Gasteiger partial charge in [-0.2, -0.15) is 0 Å². The molecular formula is C15H25N3O. The number of aromatic nitrogens is 1. The number of ether oxygens (including phenoxy) is 1. The van der Waals surface area contributed by atoms with Crippen LogP contribution in [0.15, 0.2) is 18.3 Å². The monoisotopic (exact) mass is 263 g/mol. The van der Waals surface area contributed by atoms with Gasteiger partial charge in [0.2, 0.25) is 0 Å². The predicted molar refractivity (Wildman–Crippen MR) is 78.5 cm³/mol. The number of rotatable bonds is 5. The molecule has 106 valence electrons. The van der Waals surface area contributed by atoms with E-state index in [9.17, 15) is 0 Å². The number of nitrogens with one attached hydrogen (secondary N) is 1. The van der Waals surface area contributed by atoms with Gasteiger partial charge in [-0.3, -0.25) is 0 Å². The summed E-state index contributed by atoms with van der Waals surface area (Å²) in [5.41, 5.74) is 1.26. The van der Waals surface area contributed by atoms with Crippen LogP contribution in [0.4, 0.5) is 5.82 Å². The molecule has 1 aliphatic rings. The molecule has 2 heterocycles. The Morgan fingerprint density at radius 2 is 2.21 bits per heavy atom. The minimum Gasteiger partial charge on any atom is -0.381 e. The van der Waals surface area contributed by atoms with Gasteiger partial charge in [0.05, 0.1) is 0 Å². The van der Waals surface area contributed by atoms with Gasteiger partial charge in [0.15, 0.2) is 0 Å². The maximum Gasteiger partial charge on any atom is 0.133 e. The molecule has 0 aliphatic carbocycles. The van der Waals surface area contributed by atoms with Crippen molar-refractivity contribution in [1.29, 1.82) is 0 Å². The summed E-state index contributed by atoms with van der Waals surface area (Å²) in [6.45, 7) is 5.04. The molecule has 1 aromatic rings. The SMILES string of the molecule is CNC(C)c1cccnc1N(C)CC1CCOCC1. The molecule has 0 amide bonds. The van der Waals surface area contributed by atoms with Crippen LogP contribution in [0.3, 0.4) is 0 Å². The standard InChI is InChI=1S/C15H25N3O/c1-12(16-2)14-5-4-8-17-15(14)18(3)11-13-6-9-19-10-7-13/h4-5,8,12-13,16H,6-7,9-11H2,1-3H3. The van der Waals surface area contributed by atoms with E-state index >= 15 is 0 Å². The third-order valence-electron chi connectivity index (χ3n) is 3.95. The highest BCUT2D eigenvalue weighted by atomic mass is 16.5. The quantitative estimate of drug-likeness (QED) is 0.884. The lowest BCUT2D eigenvalue weighted by Gasteiger charge is -2.29. The zero-order valence-corrected chi connectivity index (χ0v) is 12.2. The van der Waals surface area contributed by atoms with Crippen LogP contribution in [0, 0.1) is 5.92 Å². The second-order valence-corrected chi connectivity index (χ2v) is 5.36. The highest BCUT2D eigenvalue weighted by Crippen LogP contribution is 2.25. The first kappa shape index (κ1) is 14.3. The van der Waals surface area contributed by atoms with Crippen molar-refractivity contribution in [2.75, 3.05) is 38.8 Å². The van der Waals surface area contributed by atoms with Crippen molar-refractivity contribution in [3.8, 4) is 0 Å². The van der Waals surface area contributed by atoms with Crippen molar-refractivity contribution in [3.63, 3.8) is 0 Å². The molecule has 1 fully saturated rings. The number of anilines is 1. The van der Waals surface area contributed by atoms with Crippen LogP contribution >= 0.6 is 0 Å². The minimum atomic E-state index is 0.320. The highest BCUT2D eigenvalue weighted by Gasteiger charge is 2.19. The summed E-state index contributed by atoms with van der Waals surface area (Å²) in [5.74, 6) is 1.81. The van der Waals surface area contributed by atoms with E-state index in [0.717, 1.165) is 44.3 Å². The minimum absolute atomic E-state index is 0.320. The van der Waals surface area contributed by atoms with E-state index in [-0.39, 0.29) is 0 Å². The molecule has 0 aromatic carbocycles. The Labute approximate surface area is 116 Å². The second kappa shape index (κ2) is 6.87. The highest BCUT2D eigenvalue weighted by molar-refractivity contribution is 5.47. The molecule has 19 heavy (non-hydrogen) atoms. The predicted octanol–water partition coefficient (Wildman–Crippen LogP) is 2.22. The Morgan fingerprint density at radius 1 is 1.47 bits per heavy atom. The molecule has 1 unspecified atom stereocenters. The van der Waals surface area contributed by atoms with Crippen molar-refractivity contribution < 1.29 is 4.74 Å². The summed E-state index contributed by atoms with van der Waals surface area (Å²) in [7, 11) is 4.13. The number of nitrogens with zero attached hydrogens (tertiary/aromatic N) is 2. The van der Waals surface area contributed by atoms with E-state index < -0.39 is 0 Å². The molecule has 4 nitrogen and oxygen atoms in total. The average Bonchev–Trinajstić information content (AvgIpc) is 2.47. The fourth-order valence-electron chi connectivity index (χ4n) is 2.62. The average molecular weight is 263 g/mol. The first-order chi connectivity index (χ1) is 9.22. The first-order valence-electron chi connectivity index (χ1n) is 7.13. The lowest BCUT2D eigenvalue weighted by Crippen LogP contribution is -2.31. The van der Waals surface area contributed by atoms with E-state index in [1.807, 2.05) is 19.3 Å². The number of hydrogen-bond acceptors (Lipinski definition) is 4. The molecule has 1 atom stereocenters. The van der Waals surface area contributed by atoms with E-state index in [4.69, 9.17) is 4.74 Å². The molecular weight excluding hydrogens is 238 g/mol. The Kier molecular flexibility index (Phi) is 5.16. The topological polar surface area (TPSA) is 37.4 Å². The van der Waals surface area contributed by atoms with Crippen LogP contribution in [0.5, 0.6) is 0 Å². The summed E-state index contributed by atoms with van der Waals surface area (Å²) >= 11 is 0. The van der Waals surface area contributed by atoms with E-state index in [1.54, 1.807) is 0 Å². The molecule has 4 heteroatoms. The zero-order valence-electron chi connectivity index (χ0n) is 12.2. The first-order valence-corrected chi connectivity index (χ1v) is 7.13. The van der Waals surface area contributed by atoms with Crippen LogP contribution in [0.2, 0.25) is 0 Å². The fourth-order valence-corrected chi connectivity index (χ4v) is 2.62.